The Bertz CT molecular complexity index is 1420. The van der Waals surface area contributed by atoms with Crippen molar-refractivity contribution in [3.05, 3.63) is 119 Å². The van der Waals surface area contributed by atoms with Crippen LogP contribution in [0.25, 0.3) is 22.3 Å². The van der Waals surface area contributed by atoms with Crippen LogP contribution in [0, 0.1) is 0 Å². The fraction of sp³-hybridized carbons (Fsp3) is 0.0667. The number of esters is 3. The predicted molar refractivity (Wildman–Crippen MR) is 135 cm³/mol. The highest BCUT2D eigenvalue weighted by Gasteiger charge is 2.15. The number of ketones is 1. The Labute approximate surface area is 208 Å². The summed E-state index contributed by atoms with van der Waals surface area (Å²) in [6.45, 7) is 1.51. The molecule has 0 radical (unpaired) electrons. The van der Waals surface area contributed by atoms with Gasteiger partial charge >= 0.3 is 17.9 Å². The summed E-state index contributed by atoms with van der Waals surface area (Å²) in [4.78, 5) is 48.0. The van der Waals surface area contributed by atoms with E-state index in [9.17, 15) is 19.2 Å². The second kappa shape index (κ2) is 10.6. The van der Waals surface area contributed by atoms with Gasteiger partial charge in [0.25, 0.3) is 0 Å². The Balaban J connectivity index is 1.40. The molecular weight excluding hydrogens is 456 g/mol. The Kier molecular flexibility index (Phi) is 7.16. The summed E-state index contributed by atoms with van der Waals surface area (Å²) in [5.41, 5.74) is 5.01. The molecule has 0 atom stereocenters. The number of carbonyl (C=O) groups is 4. The van der Waals surface area contributed by atoms with Gasteiger partial charge in [0.1, 0.15) is 0 Å². The molecule has 0 saturated carbocycles. The normalized spacial score (nSPS) is 10.4. The summed E-state index contributed by atoms with van der Waals surface area (Å²) in [5, 5.41) is 0. The van der Waals surface area contributed by atoms with Gasteiger partial charge in [0.2, 0.25) is 0 Å². The molecule has 6 nitrogen and oxygen atoms in total. The number of ether oxygens (including phenoxy) is 2. The zero-order chi connectivity index (χ0) is 25.7. The van der Waals surface area contributed by atoms with Crippen LogP contribution < -0.4 is 0 Å². The summed E-state index contributed by atoms with van der Waals surface area (Å²) in [6, 6.07) is 27.4. The monoisotopic (exact) mass is 478 g/mol. The smallest absolute Gasteiger partial charge is 0.346 e. The summed E-state index contributed by atoms with van der Waals surface area (Å²) in [6.07, 6.45) is 0. The molecule has 0 aromatic heterocycles. The number of methoxy groups -OCH3 is 1. The molecule has 0 saturated heterocycles. The van der Waals surface area contributed by atoms with Crippen molar-refractivity contribution < 1.29 is 28.7 Å². The molecule has 0 amide bonds. The Morgan fingerprint density at radius 3 is 1.00 bits per heavy atom. The molecule has 4 aromatic rings. The third-order valence-corrected chi connectivity index (χ3v) is 5.69. The molecule has 0 spiro atoms. The van der Waals surface area contributed by atoms with Crippen LogP contribution in [-0.2, 0) is 9.47 Å². The average Bonchev–Trinajstić information content (AvgIpc) is 2.93. The van der Waals surface area contributed by atoms with E-state index >= 15 is 0 Å². The van der Waals surface area contributed by atoms with Gasteiger partial charge in [-0.2, -0.15) is 0 Å². The molecule has 0 aliphatic rings. The topological polar surface area (TPSA) is 86.7 Å². The fourth-order valence-corrected chi connectivity index (χ4v) is 3.61. The molecule has 36 heavy (non-hydrogen) atoms. The van der Waals surface area contributed by atoms with Crippen LogP contribution in [-0.4, -0.2) is 30.8 Å². The van der Waals surface area contributed by atoms with Crippen LogP contribution >= 0.6 is 0 Å². The first kappa shape index (κ1) is 24.3. The van der Waals surface area contributed by atoms with E-state index in [1.165, 1.54) is 14.0 Å². The maximum atomic E-state index is 12.5. The van der Waals surface area contributed by atoms with Crippen molar-refractivity contribution in [2.75, 3.05) is 7.11 Å². The van der Waals surface area contributed by atoms with Gasteiger partial charge in [-0.05, 0) is 65.6 Å². The molecule has 0 N–H and O–H groups in total. The summed E-state index contributed by atoms with van der Waals surface area (Å²) >= 11 is 0. The Morgan fingerprint density at radius 1 is 0.444 bits per heavy atom. The highest BCUT2D eigenvalue weighted by Crippen LogP contribution is 2.23. The van der Waals surface area contributed by atoms with Gasteiger partial charge in [0.15, 0.2) is 5.78 Å². The summed E-state index contributed by atoms with van der Waals surface area (Å²) in [7, 11) is 1.32. The summed E-state index contributed by atoms with van der Waals surface area (Å²) in [5.74, 6) is -1.92. The molecule has 0 heterocycles. The number of benzene rings is 4. The third-order valence-electron chi connectivity index (χ3n) is 5.69. The largest absolute Gasteiger partial charge is 0.465 e. The van der Waals surface area contributed by atoms with Crippen LogP contribution in [0.5, 0.6) is 0 Å². The minimum atomic E-state index is -0.753. The highest BCUT2D eigenvalue weighted by molar-refractivity contribution is 6.03. The molecule has 4 rings (SSSR count). The van der Waals surface area contributed by atoms with Crippen molar-refractivity contribution in [2.24, 2.45) is 0 Å². The third kappa shape index (κ3) is 5.45. The minimum Gasteiger partial charge on any atom is -0.465 e. The van der Waals surface area contributed by atoms with E-state index in [4.69, 9.17) is 9.47 Å². The van der Waals surface area contributed by atoms with Crippen molar-refractivity contribution in [1.82, 2.24) is 0 Å². The first-order valence-electron chi connectivity index (χ1n) is 11.1. The zero-order valence-electron chi connectivity index (χ0n) is 19.7. The SMILES string of the molecule is COC(=O)c1ccc(-c2ccc(C(=O)OC(=O)c3ccc(-c4ccc(C(C)=O)cc4)cc3)cc2)cc1. The molecule has 0 fully saturated rings. The molecule has 6 heteroatoms. The molecule has 0 aliphatic carbocycles. The van der Waals surface area contributed by atoms with Gasteiger partial charge in [-0.3, -0.25) is 4.79 Å². The second-order valence-electron chi connectivity index (χ2n) is 8.03. The van der Waals surface area contributed by atoms with Crippen LogP contribution in [0.2, 0.25) is 0 Å². The zero-order valence-corrected chi connectivity index (χ0v) is 19.7. The maximum absolute atomic E-state index is 12.5. The van der Waals surface area contributed by atoms with E-state index in [1.54, 1.807) is 84.9 Å². The second-order valence-corrected chi connectivity index (χ2v) is 8.03. The molecule has 0 bridgehead atoms. The highest BCUT2D eigenvalue weighted by atomic mass is 16.6. The first-order chi connectivity index (χ1) is 17.4. The number of Topliss-reactive ketones (excluding diaryl/α,β-unsaturated/α-hetero) is 1. The van der Waals surface area contributed by atoms with Crippen LogP contribution in [0.3, 0.4) is 0 Å². The quantitative estimate of drug-likeness (QED) is 0.192. The lowest BCUT2D eigenvalue weighted by Gasteiger charge is -2.07. The van der Waals surface area contributed by atoms with E-state index in [0.29, 0.717) is 11.1 Å². The van der Waals surface area contributed by atoms with E-state index in [-0.39, 0.29) is 16.9 Å². The van der Waals surface area contributed by atoms with Crippen molar-refractivity contribution in [3.8, 4) is 22.3 Å². The Hall–Kier alpha value is -4.84. The summed E-state index contributed by atoms with van der Waals surface area (Å²) < 4.78 is 9.74. The first-order valence-corrected chi connectivity index (χ1v) is 11.1. The van der Waals surface area contributed by atoms with Gasteiger partial charge < -0.3 is 9.47 Å². The van der Waals surface area contributed by atoms with Crippen LogP contribution in [0.1, 0.15) is 48.4 Å². The number of carbonyl (C=O) groups excluding carboxylic acids is 4. The lowest BCUT2D eigenvalue weighted by atomic mass is 10.0. The van der Waals surface area contributed by atoms with Gasteiger partial charge in [-0.25, -0.2) is 14.4 Å². The van der Waals surface area contributed by atoms with Crippen LogP contribution in [0.15, 0.2) is 97.1 Å². The van der Waals surface area contributed by atoms with E-state index in [2.05, 4.69) is 0 Å². The average molecular weight is 479 g/mol. The lowest BCUT2D eigenvalue weighted by molar-refractivity contribution is 0.0397. The van der Waals surface area contributed by atoms with Crippen LogP contribution in [0.4, 0.5) is 0 Å². The standard InChI is InChI=1S/C30H22O6/c1-19(31)20-3-5-21(6-4-20)23-9-15-26(16-10-23)29(33)36-30(34)27-17-11-24(12-18-27)22-7-13-25(14-8-22)28(32)35-2/h3-18H,1-2H3. The molecule has 0 aliphatic heterocycles. The minimum absolute atomic E-state index is 0.00626. The number of hydrogen-bond donors (Lipinski definition) is 0. The van der Waals surface area contributed by atoms with E-state index < -0.39 is 17.9 Å². The molecule has 178 valence electrons. The fourth-order valence-electron chi connectivity index (χ4n) is 3.61. The van der Waals surface area contributed by atoms with Crippen molar-refractivity contribution >= 4 is 23.7 Å². The van der Waals surface area contributed by atoms with Gasteiger partial charge in [0, 0.05) is 5.56 Å². The van der Waals surface area contributed by atoms with E-state index in [0.717, 1.165) is 22.3 Å². The van der Waals surface area contributed by atoms with E-state index in [1.807, 2.05) is 12.1 Å². The van der Waals surface area contributed by atoms with Gasteiger partial charge in [0.05, 0.1) is 23.8 Å². The Morgan fingerprint density at radius 2 is 0.722 bits per heavy atom. The van der Waals surface area contributed by atoms with Crippen molar-refractivity contribution in [3.63, 3.8) is 0 Å². The van der Waals surface area contributed by atoms with Gasteiger partial charge in [-0.15, -0.1) is 0 Å². The molecule has 4 aromatic carbocycles. The number of rotatable bonds is 6. The van der Waals surface area contributed by atoms with Crippen molar-refractivity contribution in [2.45, 2.75) is 6.92 Å². The molecule has 0 unspecified atom stereocenters. The predicted octanol–water partition coefficient (Wildman–Crippen LogP) is 6.01. The number of hydrogen-bond acceptors (Lipinski definition) is 6. The molecular formula is C30H22O6. The lowest BCUT2D eigenvalue weighted by Crippen LogP contribution is -2.12. The maximum Gasteiger partial charge on any atom is 0.346 e. The van der Waals surface area contributed by atoms with Gasteiger partial charge in [-0.1, -0.05) is 60.7 Å². The van der Waals surface area contributed by atoms with Crippen molar-refractivity contribution in [1.29, 1.82) is 0 Å².